The minimum Gasteiger partial charge on any atom is -0.396 e. The van der Waals surface area contributed by atoms with Gasteiger partial charge in [-0.3, -0.25) is 0 Å². The molecule has 2 nitrogen and oxygen atoms in total. The molecule has 0 bridgehead atoms. The Balaban J connectivity index is 2.21. The second-order valence-electron chi connectivity index (χ2n) is 3.29. The second kappa shape index (κ2) is 6.56. The summed E-state index contributed by atoms with van der Waals surface area (Å²) >= 11 is 5.18. The molecule has 1 atom stereocenters. The first kappa shape index (κ1) is 12.2. The molecule has 0 aromatic carbocycles. The first-order valence-corrected chi connectivity index (χ1v) is 6.43. The van der Waals surface area contributed by atoms with Crippen LogP contribution >= 0.6 is 27.3 Å². The number of hydrogen-bond acceptors (Lipinski definition) is 3. The zero-order valence-electron chi connectivity index (χ0n) is 8.29. The van der Waals surface area contributed by atoms with Crippen LogP contribution in [0.25, 0.3) is 0 Å². The number of nitrogens with one attached hydrogen (secondary N) is 1. The molecule has 0 spiro atoms. The van der Waals surface area contributed by atoms with Crippen LogP contribution in [0.15, 0.2) is 15.9 Å². The van der Waals surface area contributed by atoms with Crippen molar-refractivity contribution in [3.05, 3.63) is 20.8 Å². The van der Waals surface area contributed by atoms with Crippen LogP contribution in [-0.2, 0) is 6.54 Å². The Morgan fingerprint density at radius 3 is 2.86 bits per heavy atom. The largest absolute Gasteiger partial charge is 0.396 e. The van der Waals surface area contributed by atoms with Crippen molar-refractivity contribution in [3.8, 4) is 0 Å². The molecular formula is C10H16BrNOS. The Bertz CT molecular complexity index is 260. The summed E-state index contributed by atoms with van der Waals surface area (Å²) in [4.78, 5) is 1.32. The zero-order chi connectivity index (χ0) is 10.4. The van der Waals surface area contributed by atoms with E-state index in [1.54, 1.807) is 11.3 Å². The van der Waals surface area contributed by atoms with E-state index in [1.807, 2.05) is 0 Å². The summed E-state index contributed by atoms with van der Waals surface area (Å²) in [5, 5.41) is 12.3. The van der Waals surface area contributed by atoms with Crippen LogP contribution in [0.5, 0.6) is 0 Å². The summed E-state index contributed by atoms with van der Waals surface area (Å²) in [6, 6.07) is 4.17. The number of aliphatic hydroxyl groups is 1. The molecule has 0 amide bonds. The summed E-state index contributed by atoms with van der Waals surface area (Å²) in [5.74, 6) is 0.387. The summed E-state index contributed by atoms with van der Waals surface area (Å²) in [5.41, 5.74) is 0. The minimum absolute atomic E-state index is 0.275. The van der Waals surface area contributed by atoms with Gasteiger partial charge in [0.15, 0.2) is 0 Å². The average molecular weight is 278 g/mol. The third kappa shape index (κ3) is 4.09. The fraction of sp³-hybridized carbons (Fsp3) is 0.600. The Hall–Kier alpha value is 0.1000. The molecule has 0 fully saturated rings. The van der Waals surface area contributed by atoms with Gasteiger partial charge in [-0.1, -0.05) is 6.92 Å². The van der Waals surface area contributed by atoms with Crippen molar-refractivity contribution in [2.24, 2.45) is 5.92 Å². The van der Waals surface area contributed by atoms with Crippen molar-refractivity contribution < 1.29 is 5.11 Å². The van der Waals surface area contributed by atoms with Gasteiger partial charge in [-0.2, -0.15) is 0 Å². The third-order valence-corrected chi connectivity index (χ3v) is 3.82. The molecule has 0 saturated carbocycles. The van der Waals surface area contributed by atoms with E-state index < -0.39 is 0 Å². The van der Waals surface area contributed by atoms with Gasteiger partial charge >= 0.3 is 0 Å². The highest BCUT2D eigenvalue weighted by molar-refractivity contribution is 9.11. The number of halogens is 1. The Morgan fingerprint density at radius 2 is 2.36 bits per heavy atom. The maximum absolute atomic E-state index is 8.98. The van der Waals surface area contributed by atoms with Gasteiger partial charge in [0, 0.05) is 24.6 Å². The van der Waals surface area contributed by atoms with Crippen molar-refractivity contribution in [1.29, 1.82) is 0 Å². The molecular weight excluding hydrogens is 262 g/mol. The van der Waals surface area contributed by atoms with Gasteiger partial charge in [0.25, 0.3) is 0 Å². The fourth-order valence-electron chi connectivity index (χ4n) is 1.18. The van der Waals surface area contributed by atoms with E-state index in [0.29, 0.717) is 5.92 Å². The van der Waals surface area contributed by atoms with Gasteiger partial charge in [0.05, 0.1) is 3.79 Å². The number of thiophene rings is 1. The quantitative estimate of drug-likeness (QED) is 0.838. The molecule has 1 unspecified atom stereocenters. The fourth-order valence-corrected chi connectivity index (χ4v) is 2.64. The summed E-state index contributed by atoms with van der Waals surface area (Å²) in [6.45, 7) is 4.16. The van der Waals surface area contributed by atoms with Crippen LogP contribution in [0.2, 0.25) is 0 Å². The normalized spacial score (nSPS) is 13.1. The van der Waals surface area contributed by atoms with Crippen molar-refractivity contribution >= 4 is 27.3 Å². The molecule has 80 valence electrons. The van der Waals surface area contributed by atoms with Crippen molar-refractivity contribution in [3.63, 3.8) is 0 Å². The van der Waals surface area contributed by atoms with Crippen LogP contribution in [-0.4, -0.2) is 18.3 Å². The molecule has 4 heteroatoms. The first-order valence-electron chi connectivity index (χ1n) is 4.82. The van der Waals surface area contributed by atoms with Crippen LogP contribution < -0.4 is 5.32 Å². The van der Waals surface area contributed by atoms with E-state index in [1.165, 1.54) is 8.66 Å². The monoisotopic (exact) mass is 277 g/mol. The molecule has 1 aromatic heterocycles. The highest BCUT2D eigenvalue weighted by Crippen LogP contribution is 2.21. The highest BCUT2D eigenvalue weighted by atomic mass is 79.9. The Morgan fingerprint density at radius 1 is 1.57 bits per heavy atom. The van der Waals surface area contributed by atoms with Crippen LogP contribution in [0.3, 0.4) is 0 Å². The molecule has 0 saturated heterocycles. The van der Waals surface area contributed by atoms with Gasteiger partial charge in [-0.15, -0.1) is 11.3 Å². The van der Waals surface area contributed by atoms with Gasteiger partial charge in [-0.25, -0.2) is 0 Å². The maximum atomic E-state index is 8.98. The lowest BCUT2D eigenvalue weighted by molar-refractivity contribution is 0.219. The molecule has 0 radical (unpaired) electrons. The van der Waals surface area contributed by atoms with E-state index in [9.17, 15) is 0 Å². The van der Waals surface area contributed by atoms with E-state index in [-0.39, 0.29) is 6.61 Å². The smallest absolute Gasteiger partial charge is 0.0701 e. The molecule has 1 rings (SSSR count). The van der Waals surface area contributed by atoms with E-state index in [0.717, 1.165) is 19.5 Å². The molecule has 0 aliphatic heterocycles. The van der Waals surface area contributed by atoms with Crippen LogP contribution in [0, 0.1) is 5.92 Å². The van der Waals surface area contributed by atoms with Gasteiger partial charge < -0.3 is 10.4 Å². The lowest BCUT2D eigenvalue weighted by Gasteiger charge is -2.11. The SMILES string of the molecule is CCC(CO)CNCc1ccc(Br)s1. The van der Waals surface area contributed by atoms with Crippen molar-refractivity contribution in [2.45, 2.75) is 19.9 Å². The van der Waals surface area contributed by atoms with Crippen molar-refractivity contribution in [2.75, 3.05) is 13.2 Å². The highest BCUT2D eigenvalue weighted by Gasteiger charge is 2.03. The van der Waals surface area contributed by atoms with E-state index >= 15 is 0 Å². The van der Waals surface area contributed by atoms with Crippen LogP contribution in [0.1, 0.15) is 18.2 Å². The predicted molar refractivity (Wildman–Crippen MR) is 64.6 cm³/mol. The molecule has 0 aliphatic carbocycles. The number of aliphatic hydroxyl groups excluding tert-OH is 1. The minimum atomic E-state index is 0.275. The van der Waals surface area contributed by atoms with Crippen LogP contribution in [0.4, 0.5) is 0 Å². The average Bonchev–Trinajstić information content (AvgIpc) is 2.59. The molecule has 0 aliphatic rings. The van der Waals surface area contributed by atoms with Crippen molar-refractivity contribution in [1.82, 2.24) is 5.32 Å². The van der Waals surface area contributed by atoms with E-state index in [4.69, 9.17) is 5.11 Å². The molecule has 14 heavy (non-hydrogen) atoms. The third-order valence-electron chi connectivity index (χ3n) is 2.20. The topological polar surface area (TPSA) is 32.3 Å². The standard InChI is InChI=1S/C10H16BrNOS/c1-2-8(7-13)5-12-6-9-3-4-10(11)14-9/h3-4,8,12-13H,2,5-7H2,1H3. The predicted octanol–water partition coefficient (Wildman–Crippen LogP) is 2.62. The molecule has 1 aromatic rings. The summed E-state index contributed by atoms with van der Waals surface area (Å²) in [6.07, 6.45) is 1.03. The number of rotatable bonds is 6. The zero-order valence-corrected chi connectivity index (χ0v) is 10.7. The van der Waals surface area contributed by atoms with Gasteiger partial charge in [0.1, 0.15) is 0 Å². The van der Waals surface area contributed by atoms with E-state index in [2.05, 4.69) is 40.3 Å². The maximum Gasteiger partial charge on any atom is 0.0701 e. The molecule has 1 heterocycles. The van der Waals surface area contributed by atoms with Gasteiger partial charge in [0.2, 0.25) is 0 Å². The summed E-state index contributed by atoms with van der Waals surface area (Å²) in [7, 11) is 0. The lowest BCUT2D eigenvalue weighted by Crippen LogP contribution is -2.23. The van der Waals surface area contributed by atoms with Gasteiger partial charge in [-0.05, 0) is 40.4 Å². The molecule has 2 N–H and O–H groups in total. The lowest BCUT2D eigenvalue weighted by atomic mass is 10.1. The second-order valence-corrected chi connectivity index (χ2v) is 5.84. The Labute approximate surface area is 97.5 Å². The Kier molecular flexibility index (Phi) is 5.70. The summed E-state index contributed by atoms with van der Waals surface area (Å²) < 4.78 is 1.17. The number of hydrogen-bond donors (Lipinski definition) is 2. The first-order chi connectivity index (χ1) is 6.76.